The van der Waals surface area contributed by atoms with Crippen LogP contribution < -0.4 is 10.6 Å². The minimum absolute atomic E-state index is 0.134. The van der Waals surface area contributed by atoms with Crippen LogP contribution in [0.2, 0.25) is 0 Å². The third-order valence-electron chi connectivity index (χ3n) is 2.62. The zero-order chi connectivity index (χ0) is 10.8. The van der Waals surface area contributed by atoms with Gasteiger partial charge in [0.25, 0.3) is 0 Å². The van der Waals surface area contributed by atoms with Gasteiger partial charge in [-0.2, -0.15) is 0 Å². The monoisotopic (exact) mass is 200 g/mol. The molecular formula is C11H24N2O. The molecule has 0 spiro atoms. The normalized spacial score (nSPS) is 10.6. The van der Waals surface area contributed by atoms with Gasteiger partial charge in [0, 0.05) is 13.5 Å². The van der Waals surface area contributed by atoms with Crippen LogP contribution in [0.25, 0.3) is 0 Å². The van der Waals surface area contributed by atoms with Crippen LogP contribution in [0.3, 0.4) is 0 Å². The molecule has 3 nitrogen and oxygen atoms in total. The molecule has 0 unspecified atom stereocenters. The zero-order valence-corrected chi connectivity index (χ0v) is 9.73. The van der Waals surface area contributed by atoms with Crippen molar-refractivity contribution >= 4 is 5.91 Å². The van der Waals surface area contributed by atoms with E-state index in [2.05, 4.69) is 24.5 Å². The van der Waals surface area contributed by atoms with Gasteiger partial charge in [0.1, 0.15) is 0 Å². The summed E-state index contributed by atoms with van der Waals surface area (Å²) in [5.74, 6) is 0.921. The molecule has 14 heavy (non-hydrogen) atoms. The Labute approximate surface area is 87.6 Å². The van der Waals surface area contributed by atoms with Crippen molar-refractivity contribution in [3.05, 3.63) is 0 Å². The van der Waals surface area contributed by atoms with Gasteiger partial charge in [-0.1, -0.05) is 26.7 Å². The van der Waals surface area contributed by atoms with E-state index in [9.17, 15) is 4.79 Å². The van der Waals surface area contributed by atoms with Crippen molar-refractivity contribution in [1.29, 1.82) is 0 Å². The van der Waals surface area contributed by atoms with Gasteiger partial charge in [0.15, 0.2) is 0 Å². The maximum absolute atomic E-state index is 10.9. The lowest BCUT2D eigenvalue weighted by Crippen LogP contribution is -2.25. The molecule has 0 saturated carbocycles. The van der Waals surface area contributed by atoms with E-state index in [1.165, 1.54) is 12.8 Å². The largest absolute Gasteiger partial charge is 0.359 e. The van der Waals surface area contributed by atoms with Crippen molar-refractivity contribution in [3.63, 3.8) is 0 Å². The summed E-state index contributed by atoms with van der Waals surface area (Å²) >= 11 is 0. The Kier molecular flexibility index (Phi) is 8.64. The van der Waals surface area contributed by atoms with E-state index >= 15 is 0 Å². The number of nitrogens with one attached hydrogen (secondary N) is 2. The molecule has 0 rings (SSSR count). The van der Waals surface area contributed by atoms with E-state index in [-0.39, 0.29) is 5.91 Å². The van der Waals surface area contributed by atoms with Gasteiger partial charge in [-0.05, 0) is 25.4 Å². The third-order valence-corrected chi connectivity index (χ3v) is 2.62. The molecule has 0 aliphatic rings. The van der Waals surface area contributed by atoms with Crippen LogP contribution >= 0.6 is 0 Å². The molecule has 84 valence electrons. The van der Waals surface area contributed by atoms with Crippen LogP contribution in [0.1, 0.15) is 39.5 Å². The van der Waals surface area contributed by atoms with Gasteiger partial charge in [0.2, 0.25) is 5.91 Å². The summed E-state index contributed by atoms with van der Waals surface area (Å²) < 4.78 is 0. The highest BCUT2D eigenvalue weighted by Crippen LogP contribution is 2.04. The molecule has 3 heteroatoms. The average Bonchev–Trinajstić information content (AvgIpc) is 2.23. The number of hydrogen-bond acceptors (Lipinski definition) is 2. The van der Waals surface area contributed by atoms with E-state index < -0.39 is 0 Å². The number of carbonyl (C=O) groups is 1. The smallest absolute Gasteiger partial charge is 0.219 e. The topological polar surface area (TPSA) is 41.1 Å². The van der Waals surface area contributed by atoms with Gasteiger partial charge in [0.05, 0.1) is 0 Å². The summed E-state index contributed by atoms with van der Waals surface area (Å²) in [5.41, 5.74) is 0. The van der Waals surface area contributed by atoms with Crippen LogP contribution in [0.4, 0.5) is 0 Å². The van der Waals surface area contributed by atoms with Gasteiger partial charge in [-0.3, -0.25) is 4.79 Å². The lowest BCUT2D eigenvalue weighted by molar-refractivity contribution is -0.120. The summed E-state index contributed by atoms with van der Waals surface area (Å²) in [5, 5.41) is 6.01. The SMILES string of the molecule is CCC(CC)CNCCCC(=O)NC. The minimum atomic E-state index is 0.134. The zero-order valence-electron chi connectivity index (χ0n) is 9.73. The van der Waals surface area contributed by atoms with Crippen LogP contribution in [0.5, 0.6) is 0 Å². The maximum atomic E-state index is 10.9. The van der Waals surface area contributed by atoms with Crippen molar-refractivity contribution in [1.82, 2.24) is 10.6 Å². The molecule has 0 atom stereocenters. The molecule has 0 bridgehead atoms. The highest BCUT2D eigenvalue weighted by Gasteiger charge is 2.02. The van der Waals surface area contributed by atoms with Gasteiger partial charge < -0.3 is 10.6 Å². The first-order valence-electron chi connectivity index (χ1n) is 5.65. The second-order valence-corrected chi connectivity index (χ2v) is 3.66. The molecule has 0 aliphatic heterocycles. The Hall–Kier alpha value is -0.570. The van der Waals surface area contributed by atoms with Crippen molar-refractivity contribution in [2.45, 2.75) is 39.5 Å². The van der Waals surface area contributed by atoms with Crippen LogP contribution in [-0.4, -0.2) is 26.0 Å². The summed E-state index contributed by atoms with van der Waals surface area (Å²) in [4.78, 5) is 10.9. The molecule has 0 aromatic heterocycles. The van der Waals surface area contributed by atoms with Gasteiger partial charge in [-0.25, -0.2) is 0 Å². The highest BCUT2D eigenvalue weighted by atomic mass is 16.1. The van der Waals surface area contributed by atoms with E-state index in [4.69, 9.17) is 0 Å². The Morgan fingerprint density at radius 3 is 2.43 bits per heavy atom. The molecule has 0 radical (unpaired) electrons. The van der Waals surface area contributed by atoms with Crippen LogP contribution in [0, 0.1) is 5.92 Å². The summed E-state index contributed by atoms with van der Waals surface area (Å²) in [7, 11) is 1.68. The van der Waals surface area contributed by atoms with E-state index in [1.54, 1.807) is 7.05 Å². The fourth-order valence-electron chi connectivity index (χ4n) is 1.38. The first kappa shape index (κ1) is 13.4. The van der Waals surface area contributed by atoms with Crippen molar-refractivity contribution < 1.29 is 4.79 Å². The van der Waals surface area contributed by atoms with Crippen molar-refractivity contribution in [2.24, 2.45) is 5.92 Å². The molecular weight excluding hydrogens is 176 g/mol. The predicted octanol–water partition coefficient (Wildman–Crippen LogP) is 1.54. The lowest BCUT2D eigenvalue weighted by atomic mass is 10.0. The van der Waals surface area contributed by atoms with Gasteiger partial charge in [-0.15, -0.1) is 0 Å². The fourth-order valence-corrected chi connectivity index (χ4v) is 1.38. The number of hydrogen-bond donors (Lipinski definition) is 2. The van der Waals surface area contributed by atoms with E-state index in [0.717, 1.165) is 25.4 Å². The number of rotatable bonds is 8. The van der Waals surface area contributed by atoms with E-state index in [1.807, 2.05) is 0 Å². The molecule has 0 aliphatic carbocycles. The average molecular weight is 200 g/mol. The molecule has 0 saturated heterocycles. The fraction of sp³-hybridized carbons (Fsp3) is 0.909. The Balaban J connectivity index is 3.24. The Bertz CT molecular complexity index is 144. The molecule has 2 N–H and O–H groups in total. The second kappa shape index (κ2) is 9.00. The maximum Gasteiger partial charge on any atom is 0.219 e. The lowest BCUT2D eigenvalue weighted by Gasteiger charge is -2.12. The standard InChI is InChI=1S/C11H24N2O/c1-4-10(5-2)9-13-8-6-7-11(14)12-3/h10,13H,4-9H2,1-3H3,(H,12,14). The Morgan fingerprint density at radius 2 is 1.93 bits per heavy atom. The van der Waals surface area contributed by atoms with Crippen LogP contribution in [-0.2, 0) is 4.79 Å². The third kappa shape index (κ3) is 6.89. The molecule has 0 fully saturated rings. The van der Waals surface area contributed by atoms with Crippen molar-refractivity contribution in [2.75, 3.05) is 20.1 Å². The molecule has 0 heterocycles. The minimum Gasteiger partial charge on any atom is -0.359 e. The first-order chi connectivity index (χ1) is 6.74. The summed E-state index contributed by atoms with van der Waals surface area (Å²) in [6, 6.07) is 0. The quantitative estimate of drug-likeness (QED) is 0.584. The van der Waals surface area contributed by atoms with E-state index in [0.29, 0.717) is 6.42 Å². The molecule has 0 aromatic carbocycles. The van der Waals surface area contributed by atoms with Gasteiger partial charge >= 0.3 is 0 Å². The Morgan fingerprint density at radius 1 is 1.29 bits per heavy atom. The summed E-state index contributed by atoms with van der Waals surface area (Å²) in [6.07, 6.45) is 4.03. The molecule has 1 amide bonds. The second-order valence-electron chi connectivity index (χ2n) is 3.66. The van der Waals surface area contributed by atoms with Crippen molar-refractivity contribution in [3.8, 4) is 0 Å². The summed E-state index contributed by atoms with van der Waals surface area (Å²) in [6.45, 7) is 6.48. The van der Waals surface area contributed by atoms with Crippen LogP contribution in [0.15, 0.2) is 0 Å². The number of carbonyl (C=O) groups excluding carboxylic acids is 1. The number of amides is 1. The highest BCUT2D eigenvalue weighted by molar-refractivity contribution is 5.75. The predicted molar refractivity (Wildman–Crippen MR) is 60.2 cm³/mol. The first-order valence-corrected chi connectivity index (χ1v) is 5.65. The molecule has 0 aromatic rings.